The number of nitrogens with one attached hydrogen (secondary N) is 1. The van der Waals surface area contributed by atoms with Crippen molar-refractivity contribution in [3.8, 4) is 0 Å². The summed E-state index contributed by atoms with van der Waals surface area (Å²) >= 11 is 0. The summed E-state index contributed by atoms with van der Waals surface area (Å²) in [6, 6.07) is 2.11. The summed E-state index contributed by atoms with van der Waals surface area (Å²) in [6.07, 6.45) is 7.53. The number of aromatic amines is 1. The van der Waals surface area contributed by atoms with Crippen molar-refractivity contribution in [2.24, 2.45) is 0 Å². The average molecular weight is 158 g/mol. The molecule has 2 heterocycles. The van der Waals surface area contributed by atoms with E-state index in [1.807, 2.05) is 12.4 Å². The van der Waals surface area contributed by atoms with Crippen LogP contribution < -0.4 is 0 Å². The van der Waals surface area contributed by atoms with Gasteiger partial charge in [0, 0.05) is 17.3 Å². The van der Waals surface area contributed by atoms with E-state index in [0.717, 1.165) is 0 Å². The molecule has 1 N–H and O–H groups in total. The van der Waals surface area contributed by atoms with Gasteiger partial charge in [0.15, 0.2) is 0 Å². The molecule has 2 aromatic rings. The normalized spacial score (nSPS) is 15.3. The third kappa shape index (κ3) is 0.670. The molecule has 1 aliphatic carbocycles. The van der Waals surface area contributed by atoms with Crippen LogP contribution in [-0.2, 0) is 12.8 Å². The lowest BCUT2D eigenvalue weighted by Gasteiger charge is -1.90. The van der Waals surface area contributed by atoms with Crippen LogP contribution in [0, 0.1) is 0 Å². The summed E-state index contributed by atoms with van der Waals surface area (Å²) in [5.74, 6) is 0. The molecule has 0 saturated carbocycles. The standard InChI is InChI=1S/C10H10N2/c1-2-7-8-4-5-11-6-10(8)12-9(7)3-1/h4-6,12H,1-3H2. The largest absolute Gasteiger partial charge is 0.357 e. The van der Waals surface area contributed by atoms with Crippen LogP contribution in [0.5, 0.6) is 0 Å². The Morgan fingerprint density at radius 1 is 1.33 bits per heavy atom. The molecule has 2 nitrogen and oxygen atoms in total. The molecular formula is C10H10N2. The zero-order valence-corrected chi connectivity index (χ0v) is 6.80. The number of aromatic nitrogens is 2. The zero-order chi connectivity index (χ0) is 7.97. The van der Waals surface area contributed by atoms with E-state index in [0.29, 0.717) is 0 Å². The van der Waals surface area contributed by atoms with Gasteiger partial charge in [-0.25, -0.2) is 0 Å². The van der Waals surface area contributed by atoms with Crippen LogP contribution in [0.25, 0.3) is 10.9 Å². The van der Waals surface area contributed by atoms with Crippen LogP contribution in [0.3, 0.4) is 0 Å². The van der Waals surface area contributed by atoms with Crippen LogP contribution in [0.2, 0.25) is 0 Å². The van der Waals surface area contributed by atoms with Gasteiger partial charge in [-0.3, -0.25) is 4.98 Å². The highest BCUT2D eigenvalue weighted by atomic mass is 14.8. The molecule has 0 amide bonds. The molecule has 0 bridgehead atoms. The Kier molecular flexibility index (Phi) is 1.09. The predicted molar refractivity (Wildman–Crippen MR) is 48.1 cm³/mol. The van der Waals surface area contributed by atoms with Gasteiger partial charge in [-0.1, -0.05) is 0 Å². The van der Waals surface area contributed by atoms with Gasteiger partial charge in [-0.15, -0.1) is 0 Å². The molecule has 0 atom stereocenters. The summed E-state index contributed by atoms with van der Waals surface area (Å²) in [7, 11) is 0. The summed E-state index contributed by atoms with van der Waals surface area (Å²) in [4.78, 5) is 7.51. The van der Waals surface area contributed by atoms with Gasteiger partial charge in [0.05, 0.1) is 11.7 Å². The van der Waals surface area contributed by atoms with Crippen molar-refractivity contribution in [2.45, 2.75) is 19.3 Å². The molecule has 1 aliphatic rings. The summed E-state index contributed by atoms with van der Waals surface area (Å²) in [5.41, 5.74) is 4.15. The SMILES string of the molecule is c1cc2c3c([nH]c2cn1)CCC3. The number of rotatable bonds is 0. The van der Waals surface area contributed by atoms with Gasteiger partial charge >= 0.3 is 0 Å². The van der Waals surface area contributed by atoms with Crippen LogP contribution in [-0.4, -0.2) is 9.97 Å². The van der Waals surface area contributed by atoms with Crippen LogP contribution in [0.1, 0.15) is 17.7 Å². The van der Waals surface area contributed by atoms with Crippen molar-refractivity contribution in [1.82, 2.24) is 9.97 Å². The maximum absolute atomic E-state index is 4.09. The van der Waals surface area contributed by atoms with Crippen LogP contribution in [0.4, 0.5) is 0 Å². The van der Waals surface area contributed by atoms with Crippen LogP contribution in [0.15, 0.2) is 18.5 Å². The molecule has 2 aromatic heterocycles. The first-order valence-electron chi connectivity index (χ1n) is 4.38. The Bertz CT molecular complexity index is 428. The molecule has 0 aromatic carbocycles. The van der Waals surface area contributed by atoms with E-state index in [2.05, 4.69) is 16.0 Å². The molecule has 60 valence electrons. The van der Waals surface area contributed by atoms with Gasteiger partial charge in [-0.2, -0.15) is 0 Å². The van der Waals surface area contributed by atoms with Crippen molar-refractivity contribution >= 4 is 10.9 Å². The third-order valence-electron chi connectivity index (χ3n) is 2.65. The number of pyridine rings is 1. The number of aryl methyl sites for hydroxylation is 2. The van der Waals surface area contributed by atoms with Gasteiger partial charge in [0.1, 0.15) is 0 Å². The van der Waals surface area contributed by atoms with Crippen molar-refractivity contribution < 1.29 is 0 Å². The van der Waals surface area contributed by atoms with Gasteiger partial charge in [0.2, 0.25) is 0 Å². The maximum Gasteiger partial charge on any atom is 0.0645 e. The van der Waals surface area contributed by atoms with Gasteiger partial charge in [0.25, 0.3) is 0 Å². The summed E-state index contributed by atoms with van der Waals surface area (Å²) < 4.78 is 0. The Morgan fingerprint density at radius 2 is 2.33 bits per heavy atom. The number of H-pyrrole nitrogens is 1. The van der Waals surface area contributed by atoms with Crippen molar-refractivity contribution in [3.05, 3.63) is 29.7 Å². The Morgan fingerprint density at radius 3 is 3.33 bits per heavy atom. The smallest absolute Gasteiger partial charge is 0.0645 e. The maximum atomic E-state index is 4.09. The Hall–Kier alpha value is -1.31. The first kappa shape index (κ1) is 6.23. The monoisotopic (exact) mass is 158 g/mol. The Labute approximate surface area is 70.6 Å². The molecule has 0 aliphatic heterocycles. The number of hydrogen-bond donors (Lipinski definition) is 1. The van der Waals surface area contributed by atoms with E-state index in [1.165, 1.54) is 41.4 Å². The van der Waals surface area contributed by atoms with Crippen molar-refractivity contribution in [3.63, 3.8) is 0 Å². The number of hydrogen-bond acceptors (Lipinski definition) is 1. The fraction of sp³-hybridized carbons (Fsp3) is 0.300. The fourth-order valence-electron chi connectivity index (χ4n) is 2.10. The zero-order valence-electron chi connectivity index (χ0n) is 6.80. The highest BCUT2D eigenvalue weighted by Crippen LogP contribution is 2.28. The Balaban J connectivity index is 2.44. The predicted octanol–water partition coefficient (Wildman–Crippen LogP) is 2.05. The van der Waals surface area contributed by atoms with Crippen molar-refractivity contribution in [2.75, 3.05) is 0 Å². The van der Waals surface area contributed by atoms with Gasteiger partial charge < -0.3 is 4.98 Å². The highest BCUT2D eigenvalue weighted by Gasteiger charge is 2.15. The lowest BCUT2D eigenvalue weighted by atomic mass is 10.2. The first-order chi connectivity index (χ1) is 5.95. The number of fused-ring (bicyclic) bond motifs is 3. The summed E-state index contributed by atoms with van der Waals surface area (Å²) in [6.45, 7) is 0. The highest BCUT2D eigenvalue weighted by molar-refractivity contribution is 5.84. The molecule has 0 fully saturated rings. The van der Waals surface area contributed by atoms with Crippen LogP contribution >= 0.6 is 0 Å². The second-order valence-corrected chi connectivity index (χ2v) is 3.36. The molecule has 0 radical (unpaired) electrons. The minimum atomic E-state index is 1.20. The minimum absolute atomic E-state index is 1.20. The molecule has 12 heavy (non-hydrogen) atoms. The van der Waals surface area contributed by atoms with E-state index in [1.54, 1.807) is 0 Å². The van der Waals surface area contributed by atoms with E-state index in [-0.39, 0.29) is 0 Å². The third-order valence-corrected chi connectivity index (χ3v) is 2.65. The first-order valence-corrected chi connectivity index (χ1v) is 4.38. The summed E-state index contributed by atoms with van der Waals surface area (Å²) in [5, 5.41) is 1.37. The topological polar surface area (TPSA) is 28.7 Å². The van der Waals surface area contributed by atoms with Gasteiger partial charge in [-0.05, 0) is 30.9 Å². The quantitative estimate of drug-likeness (QED) is 0.624. The average Bonchev–Trinajstić information content (AvgIpc) is 2.62. The van der Waals surface area contributed by atoms with E-state index in [9.17, 15) is 0 Å². The molecule has 0 spiro atoms. The molecular weight excluding hydrogens is 148 g/mol. The lowest BCUT2D eigenvalue weighted by Crippen LogP contribution is -1.77. The number of nitrogens with zero attached hydrogens (tertiary/aromatic N) is 1. The van der Waals surface area contributed by atoms with E-state index < -0.39 is 0 Å². The second kappa shape index (κ2) is 2.09. The minimum Gasteiger partial charge on any atom is -0.357 e. The molecule has 2 heteroatoms. The molecule has 0 unspecified atom stereocenters. The second-order valence-electron chi connectivity index (χ2n) is 3.36. The lowest BCUT2D eigenvalue weighted by molar-refractivity contribution is 0.898. The van der Waals surface area contributed by atoms with E-state index >= 15 is 0 Å². The molecule has 3 rings (SSSR count). The molecule has 0 saturated heterocycles. The van der Waals surface area contributed by atoms with Crippen molar-refractivity contribution in [1.29, 1.82) is 0 Å². The van der Waals surface area contributed by atoms with E-state index in [4.69, 9.17) is 0 Å². The fourth-order valence-corrected chi connectivity index (χ4v) is 2.10.